The van der Waals surface area contributed by atoms with Crippen LogP contribution in [0.2, 0.25) is 0 Å². The maximum Gasteiger partial charge on any atom is 0.0235 e. The van der Waals surface area contributed by atoms with E-state index in [2.05, 4.69) is 51.2 Å². The van der Waals surface area contributed by atoms with Crippen LogP contribution in [-0.4, -0.2) is 12.4 Å². The summed E-state index contributed by atoms with van der Waals surface area (Å²) in [4.78, 5) is 0. The van der Waals surface area contributed by atoms with Crippen LogP contribution in [0, 0.1) is 6.92 Å². The summed E-state index contributed by atoms with van der Waals surface area (Å²) < 4.78 is 0. The molecule has 0 amide bonds. The molecule has 96 valence electrons. The molecule has 0 atom stereocenters. The highest BCUT2D eigenvalue weighted by Gasteiger charge is 2.14. The number of aryl methyl sites for hydroxylation is 1. The first-order valence-corrected chi connectivity index (χ1v) is 6.85. The maximum absolute atomic E-state index is 5.65. The molecule has 1 rings (SSSR count). The lowest BCUT2D eigenvalue weighted by molar-refractivity contribution is 0.588. The fourth-order valence-corrected chi connectivity index (χ4v) is 1.91. The van der Waals surface area contributed by atoms with Crippen LogP contribution >= 0.6 is 11.6 Å². The number of hydrogen-bond acceptors (Lipinski definition) is 1. The molecule has 0 saturated heterocycles. The van der Waals surface area contributed by atoms with Crippen LogP contribution in [0.4, 0.5) is 0 Å². The van der Waals surface area contributed by atoms with Gasteiger partial charge in [0.05, 0.1) is 0 Å². The van der Waals surface area contributed by atoms with Crippen molar-refractivity contribution < 1.29 is 0 Å². The van der Waals surface area contributed by atoms with Crippen LogP contribution in [0.15, 0.2) is 18.2 Å². The first kappa shape index (κ1) is 14.5. The smallest absolute Gasteiger partial charge is 0.0235 e. The normalized spacial score (nSPS) is 11.8. The van der Waals surface area contributed by atoms with E-state index in [4.69, 9.17) is 11.6 Å². The molecule has 2 heteroatoms. The van der Waals surface area contributed by atoms with Crippen molar-refractivity contribution in [2.45, 2.75) is 46.1 Å². The minimum absolute atomic E-state index is 0.231. The Morgan fingerprint density at radius 2 is 1.94 bits per heavy atom. The summed E-state index contributed by atoms with van der Waals surface area (Å²) in [6, 6.07) is 6.79. The van der Waals surface area contributed by atoms with E-state index in [1.165, 1.54) is 16.7 Å². The van der Waals surface area contributed by atoms with Gasteiger partial charge < -0.3 is 5.32 Å². The van der Waals surface area contributed by atoms with E-state index >= 15 is 0 Å². The molecule has 0 bridgehead atoms. The molecule has 1 N–H and O–H groups in total. The van der Waals surface area contributed by atoms with Gasteiger partial charge in [0.15, 0.2) is 0 Å². The number of nitrogens with one attached hydrogen (secondary N) is 1. The van der Waals surface area contributed by atoms with E-state index in [1.54, 1.807) is 0 Å². The van der Waals surface area contributed by atoms with Crippen molar-refractivity contribution in [1.29, 1.82) is 0 Å². The minimum atomic E-state index is 0.231. The third kappa shape index (κ3) is 4.69. The van der Waals surface area contributed by atoms with Gasteiger partial charge in [-0.15, -0.1) is 11.6 Å². The van der Waals surface area contributed by atoms with Gasteiger partial charge in [0.1, 0.15) is 0 Å². The fraction of sp³-hybridized carbons (Fsp3) is 0.600. The summed E-state index contributed by atoms with van der Waals surface area (Å²) in [5, 5.41) is 3.42. The predicted molar refractivity (Wildman–Crippen MR) is 76.9 cm³/mol. The molecule has 1 aromatic rings. The molecule has 0 fully saturated rings. The zero-order valence-electron chi connectivity index (χ0n) is 11.4. The first-order valence-electron chi connectivity index (χ1n) is 6.32. The van der Waals surface area contributed by atoms with Crippen molar-refractivity contribution in [2.24, 2.45) is 0 Å². The van der Waals surface area contributed by atoms with Crippen molar-refractivity contribution in [2.75, 3.05) is 12.4 Å². The van der Waals surface area contributed by atoms with Crippen LogP contribution < -0.4 is 5.32 Å². The molecule has 0 aliphatic rings. The van der Waals surface area contributed by atoms with E-state index in [-0.39, 0.29) is 5.41 Å². The van der Waals surface area contributed by atoms with Gasteiger partial charge in [-0.2, -0.15) is 0 Å². The average molecular weight is 254 g/mol. The summed E-state index contributed by atoms with van der Waals surface area (Å²) >= 11 is 5.65. The Kier molecular flexibility index (Phi) is 5.48. The van der Waals surface area contributed by atoms with Crippen molar-refractivity contribution in [1.82, 2.24) is 5.32 Å². The van der Waals surface area contributed by atoms with E-state index < -0.39 is 0 Å². The summed E-state index contributed by atoms with van der Waals surface area (Å²) in [6.45, 7) is 10.9. The third-order valence-corrected chi connectivity index (χ3v) is 3.28. The van der Waals surface area contributed by atoms with Crippen molar-refractivity contribution >= 4 is 11.6 Å². The molecule has 0 aliphatic heterocycles. The predicted octanol–water partition coefficient (Wildman–Crippen LogP) is 4.01. The molecule has 0 spiro atoms. The number of benzene rings is 1. The number of alkyl halides is 1. The van der Waals surface area contributed by atoms with E-state index in [0.29, 0.717) is 0 Å². The fourth-order valence-electron chi connectivity index (χ4n) is 1.78. The molecule has 0 heterocycles. The molecule has 0 aromatic heterocycles. The second-order valence-corrected chi connectivity index (χ2v) is 5.99. The lowest BCUT2D eigenvalue weighted by atomic mass is 9.85. The Morgan fingerprint density at radius 3 is 2.47 bits per heavy atom. The second-order valence-electron chi connectivity index (χ2n) is 5.61. The molecule has 17 heavy (non-hydrogen) atoms. The number of rotatable bonds is 5. The monoisotopic (exact) mass is 253 g/mol. The summed E-state index contributed by atoms with van der Waals surface area (Å²) in [6.07, 6.45) is 1.03. The Balaban J connectivity index is 2.64. The lowest BCUT2D eigenvalue weighted by Gasteiger charge is -2.20. The quantitative estimate of drug-likeness (QED) is 0.618. The molecular formula is C15H24ClN. The molecule has 0 saturated carbocycles. The largest absolute Gasteiger partial charge is 0.313 e. The molecule has 1 aromatic carbocycles. The van der Waals surface area contributed by atoms with Gasteiger partial charge in [-0.05, 0) is 42.0 Å². The van der Waals surface area contributed by atoms with Gasteiger partial charge in [-0.3, -0.25) is 0 Å². The van der Waals surface area contributed by atoms with Gasteiger partial charge >= 0.3 is 0 Å². The zero-order chi connectivity index (χ0) is 12.9. The second kappa shape index (κ2) is 6.42. The summed E-state index contributed by atoms with van der Waals surface area (Å²) in [5.74, 6) is 0.731. The van der Waals surface area contributed by atoms with E-state index in [0.717, 1.165) is 25.4 Å². The summed E-state index contributed by atoms with van der Waals surface area (Å²) in [5.41, 5.74) is 4.39. The molecule has 0 unspecified atom stereocenters. The number of halogens is 1. The maximum atomic E-state index is 5.65. The van der Waals surface area contributed by atoms with Crippen LogP contribution in [0.5, 0.6) is 0 Å². The highest BCUT2D eigenvalue weighted by molar-refractivity contribution is 6.17. The van der Waals surface area contributed by atoms with Crippen molar-refractivity contribution in [3.63, 3.8) is 0 Å². The van der Waals surface area contributed by atoms with Crippen LogP contribution in [0.3, 0.4) is 0 Å². The highest BCUT2D eigenvalue weighted by atomic mass is 35.5. The van der Waals surface area contributed by atoms with Crippen LogP contribution in [-0.2, 0) is 12.0 Å². The zero-order valence-corrected chi connectivity index (χ0v) is 12.2. The van der Waals surface area contributed by atoms with Gasteiger partial charge in [0.25, 0.3) is 0 Å². The molecule has 1 nitrogen and oxygen atoms in total. The van der Waals surface area contributed by atoms with E-state index in [1.807, 2.05) is 0 Å². The van der Waals surface area contributed by atoms with Gasteiger partial charge in [-0.1, -0.05) is 39.0 Å². The van der Waals surface area contributed by atoms with Gasteiger partial charge in [-0.25, -0.2) is 0 Å². The standard InChI is InChI=1S/C15H24ClN/c1-12-10-14(15(2,3)4)7-6-13(12)11-17-9-5-8-16/h6-7,10,17H,5,8-9,11H2,1-4H3. The van der Waals surface area contributed by atoms with Crippen molar-refractivity contribution in [3.8, 4) is 0 Å². The minimum Gasteiger partial charge on any atom is -0.313 e. The Morgan fingerprint density at radius 1 is 1.24 bits per heavy atom. The first-order chi connectivity index (χ1) is 7.95. The Labute approximate surface area is 111 Å². The third-order valence-electron chi connectivity index (χ3n) is 3.01. The van der Waals surface area contributed by atoms with E-state index in [9.17, 15) is 0 Å². The molecular weight excluding hydrogens is 230 g/mol. The topological polar surface area (TPSA) is 12.0 Å². The molecule has 0 radical (unpaired) electrons. The van der Waals surface area contributed by atoms with Crippen molar-refractivity contribution in [3.05, 3.63) is 34.9 Å². The van der Waals surface area contributed by atoms with Gasteiger partial charge in [0.2, 0.25) is 0 Å². The Hall–Kier alpha value is -0.530. The summed E-state index contributed by atoms with van der Waals surface area (Å²) in [7, 11) is 0. The highest BCUT2D eigenvalue weighted by Crippen LogP contribution is 2.24. The lowest BCUT2D eigenvalue weighted by Crippen LogP contribution is -2.17. The van der Waals surface area contributed by atoms with Crippen LogP contribution in [0.1, 0.15) is 43.9 Å². The SMILES string of the molecule is Cc1cc(C(C)(C)C)ccc1CNCCCCl. The molecule has 0 aliphatic carbocycles. The van der Waals surface area contributed by atoms with Crippen LogP contribution in [0.25, 0.3) is 0 Å². The van der Waals surface area contributed by atoms with Gasteiger partial charge in [0, 0.05) is 12.4 Å². The Bertz CT molecular complexity index is 352. The number of hydrogen-bond donors (Lipinski definition) is 1. The average Bonchev–Trinajstić information content (AvgIpc) is 2.24.